The third-order valence-corrected chi connectivity index (χ3v) is 15.9. The molecule has 0 aliphatic heterocycles. The van der Waals surface area contributed by atoms with Crippen molar-refractivity contribution in [3.8, 4) is 0 Å². The second-order valence-corrected chi connectivity index (χ2v) is 24.1. The molecule has 0 aliphatic rings. The first-order valence-corrected chi connectivity index (χ1v) is 35.1. The predicted octanol–water partition coefficient (Wildman–Crippen LogP) is 16.3. The van der Waals surface area contributed by atoms with Gasteiger partial charge in [0.15, 0.2) is 0 Å². The van der Waals surface area contributed by atoms with Crippen molar-refractivity contribution in [2.45, 2.75) is 368 Å². The molecule has 3 amide bonds. The predicted molar refractivity (Wildman–Crippen MR) is 345 cm³/mol. The molecule has 0 aromatic carbocycles. The van der Waals surface area contributed by atoms with Gasteiger partial charge in [0.1, 0.15) is 0 Å². The summed E-state index contributed by atoms with van der Waals surface area (Å²) in [7, 11) is 0. The molecule has 0 saturated carbocycles. The van der Waals surface area contributed by atoms with Gasteiger partial charge in [-0.3, -0.25) is 14.4 Å². The number of nitrogens with zero attached hydrogens (tertiary/aromatic N) is 3. The molecule has 0 spiro atoms. The Hall–Kier alpha value is -1.83. The zero-order valence-corrected chi connectivity index (χ0v) is 54.8. The number of hydrogen-bond donors (Lipinski definition) is 6. The lowest BCUT2D eigenvalue weighted by Crippen LogP contribution is -2.39. The molecule has 0 aliphatic carbocycles. The van der Waals surface area contributed by atoms with Gasteiger partial charge >= 0.3 is 0 Å². The summed E-state index contributed by atoms with van der Waals surface area (Å²) in [6.45, 7) is 14.3. The summed E-state index contributed by atoms with van der Waals surface area (Å²) in [6.07, 6.45) is 57.1. The molecule has 3 atom stereocenters. The van der Waals surface area contributed by atoms with Crippen LogP contribution in [0.4, 0.5) is 0 Å². The van der Waals surface area contributed by atoms with Gasteiger partial charge < -0.3 is 45.3 Å². The summed E-state index contributed by atoms with van der Waals surface area (Å²) in [5.41, 5.74) is 0. The molecule has 12 heteroatoms. The van der Waals surface area contributed by atoms with E-state index in [1.54, 1.807) is 9.80 Å². The molecule has 0 rings (SSSR count). The van der Waals surface area contributed by atoms with Crippen LogP contribution in [0, 0.1) is 0 Å². The Balaban J connectivity index is -0.00000113. The van der Waals surface area contributed by atoms with Crippen LogP contribution in [0.2, 0.25) is 0 Å². The summed E-state index contributed by atoms with van der Waals surface area (Å²) in [5.74, 6) is 0.0262. The van der Waals surface area contributed by atoms with Crippen molar-refractivity contribution in [1.29, 1.82) is 0 Å². The molecule has 0 aromatic rings. The summed E-state index contributed by atoms with van der Waals surface area (Å²) >= 11 is 0. The van der Waals surface area contributed by atoms with Crippen molar-refractivity contribution in [1.82, 2.24) is 14.7 Å². The topological polar surface area (TPSA) is 182 Å². The molecule has 0 bridgehead atoms. The molecule has 81 heavy (non-hydrogen) atoms. The van der Waals surface area contributed by atoms with E-state index in [9.17, 15) is 34.8 Å². The van der Waals surface area contributed by atoms with Crippen LogP contribution in [-0.4, -0.2) is 140 Å². The van der Waals surface area contributed by atoms with Gasteiger partial charge in [-0.2, -0.15) is 0 Å². The van der Waals surface area contributed by atoms with Crippen LogP contribution in [0.15, 0.2) is 0 Å². The average Bonchev–Trinajstić information content (AvgIpc) is 3.45. The number of hydrogen-bond acceptors (Lipinski definition) is 9. The van der Waals surface area contributed by atoms with E-state index in [4.69, 9.17) is 10.2 Å². The highest BCUT2D eigenvalue weighted by Gasteiger charge is 2.18. The van der Waals surface area contributed by atoms with Gasteiger partial charge in [0, 0.05) is 59.0 Å². The second kappa shape index (κ2) is 68.9. The first-order valence-electron chi connectivity index (χ1n) is 35.1. The molecule has 0 radical (unpaired) electrons. The van der Waals surface area contributed by atoms with Gasteiger partial charge in [-0.1, -0.05) is 298 Å². The number of aliphatic hydroxyl groups excluding tert-OH is 6. The van der Waals surface area contributed by atoms with Gasteiger partial charge in [0.2, 0.25) is 17.7 Å². The lowest BCUT2D eigenvalue weighted by molar-refractivity contribution is -0.134. The Morgan fingerprint density at radius 3 is 0.728 bits per heavy atom. The van der Waals surface area contributed by atoms with Crippen LogP contribution in [0.5, 0.6) is 0 Å². The van der Waals surface area contributed by atoms with Gasteiger partial charge in [-0.15, -0.1) is 0 Å². The molecule has 0 heterocycles. The molecule has 12 nitrogen and oxygen atoms in total. The van der Waals surface area contributed by atoms with E-state index in [0.29, 0.717) is 52.1 Å². The highest BCUT2D eigenvalue weighted by Crippen LogP contribution is 2.18. The van der Waals surface area contributed by atoms with Crippen molar-refractivity contribution in [2.24, 2.45) is 0 Å². The smallest absolute Gasteiger partial charge is 0.222 e. The van der Waals surface area contributed by atoms with Crippen molar-refractivity contribution in [3.63, 3.8) is 0 Å². The third-order valence-electron chi connectivity index (χ3n) is 15.9. The molecular weight excluding hydrogens is 1010 g/mol. The molecule has 3 unspecified atom stereocenters. The number of carbonyl (C=O) groups excluding carboxylic acids is 3. The minimum absolute atomic E-state index is 0.0357. The van der Waals surface area contributed by atoms with Crippen LogP contribution in [0.25, 0.3) is 0 Å². The molecule has 0 fully saturated rings. The minimum Gasteiger partial charge on any atom is -0.395 e. The number of amides is 3. The fourth-order valence-electron chi connectivity index (χ4n) is 10.7. The van der Waals surface area contributed by atoms with E-state index in [2.05, 4.69) is 27.7 Å². The fourth-order valence-corrected chi connectivity index (χ4v) is 10.7. The summed E-state index contributed by atoms with van der Waals surface area (Å²) in [5, 5.41) is 57.7. The quantitative estimate of drug-likeness (QED) is 0.0323. The van der Waals surface area contributed by atoms with Gasteiger partial charge in [-0.05, 0) is 32.1 Å². The molecule has 486 valence electrons. The summed E-state index contributed by atoms with van der Waals surface area (Å²) in [6, 6.07) is 0. The lowest BCUT2D eigenvalue weighted by Gasteiger charge is -2.25. The monoisotopic (exact) mass is 1160 g/mol. The number of aliphatic hydroxyl groups is 6. The van der Waals surface area contributed by atoms with E-state index in [1.807, 2.05) is 6.92 Å². The largest absolute Gasteiger partial charge is 0.395 e. The van der Waals surface area contributed by atoms with Crippen LogP contribution in [-0.2, 0) is 14.4 Å². The molecular formula is C69H141N3O9. The number of unbranched alkanes of at least 4 members (excludes halogenated alkanes) is 38. The van der Waals surface area contributed by atoms with Gasteiger partial charge in [-0.25, -0.2) is 0 Å². The Morgan fingerprint density at radius 2 is 0.494 bits per heavy atom. The number of carbonyl (C=O) groups is 3. The Labute approximate surface area is 502 Å². The van der Waals surface area contributed by atoms with Crippen LogP contribution in [0.3, 0.4) is 0 Å². The lowest BCUT2D eigenvalue weighted by atomic mass is 10.0. The number of rotatable bonds is 60. The van der Waals surface area contributed by atoms with Gasteiger partial charge in [0.05, 0.1) is 38.1 Å². The minimum atomic E-state index is -0.470. The van der Waals surface area contributed by atoms with Crippen LogP contribution < -0.4 is 0 Å². The normalized spacial score (nSPS) is 12.3. The molecule has 6 N–H and O–H groups in total. The average molecular weight is 1160 g/mol. The van der Waals surface area contributed by atoms with E-state index in [0.717, 1.165) is 83.5 Å². The SMILES string of the molecule is CCCCCCCCCCCCCCC(O)CN(CCO)C(=O)CCC.CCCCCCCCCCCCCCC(O)CN(CCO)C(=O)CCCCCC.CCCCCCCCCCCCCCCCC(O)CN(CCO)C(C)=O. The van der Waals surface area contributed by atoms with Crippen molar-refractivity contribution in [3.05, 3.63) is 0 Å². The van der Waals surface area contributed by atoms with Crippen LogP contribution >= 0.6 is 0 Å². The fraction of sp³-hybridized carbons (Fsp3) is 0.957. The van der Waals surface area contributed by atoms with Crippen molar-refractivity contribution in [2.75, 3.05) is 59.1 Å². The van der Waals surface area contributed by atoms with E-state index in [1.165, 1.54) is 224 Å². The third kappa shape index (κ3) is 64.0. The maximum absolute atomic E-state index is 12.3. The highest BCUT2D eigenvalue weighted by atomic mass is 16.3. The first-order chi connectivity index (χ1) is 39.4. The van der Waals surface area contributed by atoms with E-state index < -0.39 is 18.3 Å². The maximum atomic E-state index is 12.3. The second-order valence-electron chi connectivity index (χ2n) is 24.1. The highest BCUT2D eigenvalue weighted by molar-refractivity contribution is 5.76. The zero-order valence-electron chi connectivity index (χ0n) is 54.8. The molecule has 0 saturated heterocycles. The van der Waals surface area contributed by atoms with Crippen molar-refractivity contribution < 1.29 is 45.0 Å². The first kappa shape index (κ1) is 83.4. The van der Waals surface area contributed by atoms with E-state index >= 15 is 0 Å². The maximum Gasteiger partial charge on any atom is 0.222 e. The summed E-state index contributed by atoms with van der Waals surface area (Å²) in [4.78, 5) is 40.4. The Bertz CT molecular complexity index is 1260. The Kier molecular flexibility index (Phi) is 71.0. The Morgan fingerprint density at radius 1 is 0.284 bits per heavy atom. The standard InChI is InChI=1S/C25H51NO3.2C22H45NO3/c1-3-5-7-9-10-11-12-13-14-15-16-17-19-24(28)23-26(21-22-27)25(29)20-18-8-6-4-2;1-3-4-5-6-7-8-9-10-11-12-13-14-15-16-17-22(26)20-23(18-19-24)21(2)25;1-3-5-6-7-8-9-10-11-12-13-14-15-17-21(25)20-23(18-19-24)22(26)16-4-2/h24,27-28H,3-23H2,1-2H3;22,24,26H,3-20H2,1-2H3;21,24-25H,3-20H2,1-2H3. The van der Waals surface area contributed by atoms with Crippen LogP contribution in [0.1, 0.15) is 350 Å². The van der Waals surface area contributed by atoms with E-state index in [-0.39, 0.29) is 37.5 Å². The van der Waals surface area contributed by atoms with Gasteiger partial charge in [0.25, 0.3) is 0 Å². The zero-order chi connectivity index (χ0) is 60.5. The van der Waals surface area contributed by atoms with Crippen molar-refractivity contribution >= 4 is 17.7 Å². The molecule has 0 aromatic heterocycles. The summed E-state index contributed by atoms with van der Waals surface area (Å²) < 4.78 is 0.